The van der Waals surface area contributed by atoms with Gasteiger partial charge >= 0.3 is 5.97 Å². The monoisotopic (exact) mass is 263 g/mol. The van der Waals surface area contributed by atoms with Gasteiger partial charge in [-0.3, -0.25) is 9.69 Å². The molecule has 3 nitrogen and oxygen atoms in total. The number of hydrogen-bond acceptors (Lipinski definition) is 2. The number of carboxylic acids is 1. The molecule has 1 aromatic carbocycles. The molecule has 0 saturated carbocycles. The van der Waals surface area contributed by atoms with E-state index in [0.717, 1.165) is 44.3 Å². The zero-order valence-corrected chi connectivity index (χ0v) is 12.0. The maximum atomic E-state index is 11.6. The summed E-state index contributed by atoms with van der Waals surface area (Å²) in [5, 5.41) is 9.55. The summed E-state index contributed by atoms with van der Waals surface area (Å²) < 4.78 is 0. The molecule has 1 aromatic rings. The Hall–Kier alpha value is -1.35. The second-order valence-corrected chi connectivity index (χ2v) is 4.89. The maximum absolute atomic E-state index is 11.6. The molecule has 0 fully saturated rings. The fourth-order valence-electron chi connectivity index (χ4n) is 2.24. The quantitative estimate of drug-likeness (QED) is 0.738. The molecule has 0 radical (unpaired) electrons. The normalized spacial score (nSPS) is 12.6. The van der Waals surface area contributed by atoms with Crippen LogP contribution in [0.15, 0.2) is 30.3 Å². The second-order valence-electron chi connectivity index (χ2n) is 4.89. The molecule has 3 heteroatoms. The van der Waals surface area contributed by atoms with Gasteiger partial charge in [0.2, 0.25) is 0 Å². The van der Waals surface area contributed by atoms with E-state index in [0.29, 0.717) is 0 Å². The smallest absolute Gasteiger partial charge is 0.325 e. The van der Waals surface area contributed by atoms with Crippen molar-refractivity contribution in [3.8, 4) is 0 Å². The fraction of sp³-hybridized carbons (Fsp3) is 0.562. The topological polar surface area (TPSA) is 40.5 Å². The summed E-state index contributed by atoms with van der Waals surface area (Å²) in [4.78, 5) is 13.7. The van der Waals surface area contributed by atoms with Crippen molar-refractivity contribution in [3.63, 3.8) is 0 Å². The fourth-order valence-corrected chi connectivity index (χ4v) is 2.24. The van der Waals surface area contributed by atoms with Crippen LogP contribution in [0.4, 0.5) is 0 Å². The van der Waals surface area contributed by atoms with Gasteiger partial charge in [-0.15, -0.1) is 0 Å². The van der Waals surface area contributed by atoms with E-state index < -0.39 is 12.0 Å². The molecule has 0 heterocycles. The third kappa shape index (κ3) is 5.03. The van der Waals surface area contributed by atoms with Crippen LogP contribution in [0.2, 0.25) is 0 Å². The maximum Gasteiger partial charge on any atom is 0.325 e. The van der Waals surface area contributed by atoms with Crippen LogP contribution in [0.3, 0.4) is 0 Å². The van der Waals surface area contributed by atoms with Crippen molar-refractivity contribution in [2.45, 2.75) is 45.6 Å². The lowest BCUT2D eigenvalue weighted by molar-refractivity contribution is -0.143. The van der Waals surface area contributed by atoms with Gasteiger partial charge in [0, 0.05) is 0 Å². The van der Waals surface area contributed by atoms with Crippen LogP contribution in [0, 0.1) is 0 Å². The molecule has 0 aliphatic heterocycles. The van der Waals surface area contributed by atoms with E-state index in [4.69, 9.17) is 0 Å². The molecule has 1 atom stereocenters. The van der Waals surface area contributed by atoms with Gasteiger partial charge in [-0.2, -0.15) is 0 Å². The van der Waals surface area contributed by atoms with E-state index in [2.05, 4.69) is 18.7 Å². The minimum absolute atomic E-state index is 0.515. The lowest BCUT2D eigenvalue weighted by Gasteiger charge is -2.29. The van der Waals surface area contributed by atoms with Crippen molar-refractivity contribution < 1.29 is 9.90 Å². The van der Waals surface area contributed by atoms with Crippen LogP contribution in [0.25, 0.3) is 0 Å². The number of unbranched alkanes of at least 4 members (excludes halogenated alkanes) is 2. The highest BCUT2D eigenvalue weighted by molar-refractivity contribution is 5.75. The predicted octanol–water partition coefficient (Wildman–Crippen LogP) is 3.71. The van der Waals surface area contributed by atoms with E-state index >= 15 is 0 Å². The summed E-state index contributed by atoms with van der Waals surface area (Å²) >= 11 is 0. The molecule has 106 valence electrons. The van der Waals surface area contributed by atoms with E-state index in [-0.39, 0.29) is 0 Å². The van der Waals surface area contributed by atoms with Crippen LogP contribution in [-0.2, 0) is 4.79 Å². The Bertz CT molecular complexity index is 356. The van der Waals surface area contributed by atoms with E-state index in [1.54, 1.807) is 0 Å². The number of hydrogen-bond donors (Lipinski definition) is 1. The Labute approximate surface area is 116 Å². The van der Waals surface area contributed by atoms with Gasteiger partial charge in [0.05, 0.1) is 0 Å². The van der Waals surface area contributed by atoms with Crippen LogP contribution in [0.1, 0.15) is 51.1 Å². The molecule has 0 aliphatic rings. The standard InChI is InChI=1S/C16H25NO2/c1-3-5-12-17(13-6-4-2)15(16(18)19)14-10-8-7-9-11-14/h7-11,15H,3-6,12-13H2,1-2H3,(H,18,19)/t15-/m1/s1. The van der Waals surface area contributed by atoms with Gasteiger partial charge in [-0.05, 0) is 31.5 Å². The predicted molar refractivity (Wildman–Crippen MR) is 78.2 cm³/mol. The highest BCUT2D eigenvalue weighted by Gasteiger charge is 2.26. The molecule has 0 amide bonds. The molecule has 19 heavy (non-hydrogen) atoms. The van der Waals surface area contributed by atoms with Crippen LogP contribution in [0.5, 0.6) is 0 Å². The largest absolute Gasteiger partial charge is 0.480 e. The first-order valence-corrected chi connectivity index (χ1v) is 7.22. The van der Waals surface area contributed by atoms with Crippen molar-refractivity contribution in [2.24, 2.45) is 0 Å². The summed E-state index contributed by atoms with van der Waals surface area (Å²) in [6, 6.07) is 9.03. The minimum atomic E-state index is -0.751. The van der Waals surface area contributed by atoms with Gasteiger partial charge in [0.1, 0.15) is 6.04 Å². The molecule has 0 spiro atoms. The number of benzene rings is 1. The zero-order valence-electron chi connectivity index (χ0n) is 12.0. The molecule has 1 rings (SSSR count). The van der Waals surface area contributed by atoms with Crippen molar-refractivity contribution >= 4 is 5.97 Å². The van der Waals surface area contributed by atoms with Gasteiger partial charge in [-0.1, -0.05) is 57.0 Å². The SMILES string of the molecule is CCCCN(CCCC)[C@@H](C(=O)O)c1ccccc1. The van der Waals surface area contributed by atoms with E-state index in [1.807, 2.05) is 30.3 Å². The third-order valence-electron chi connectivity index (χ3n) is 3.31. The number of carboxylic acid groups (broad SMARTS) is 1. The van der Waals surface area contributed by atoms with Crippen LogP contribution < -0.4 is 0 Å². The summed E-state index contributed by atoms with van der Waals surface area (Å²) in [6.07, 6.45) is 4.26. The first kappa shape index (κ1) is 15.7. The molecule has 0 aliphatic carbocycles. The van der Waals surface area contributed by atoms with Gasteiger partial charge in [-0.25, -0.2) is 0 Å². The van der Waals surface area contributed by atoms with Gasteiger partial charge < -0.3 is 5.11 Å². The Morgan fingerprint density at radius 3 is 2.05 bits per heavy atom. The van der Waals surface area contributed by atoms with E-state index in [1.165, 1.54) is 0 Å². The first-order chi connectivity index (χ1) is 9.20. The molecule has 0 bridgehead atoms. The summed E-state index contributed by atoms with van der Waals surface area (Å²) in [7, 11) is 0. The highest BCUT2D eigenvalue weighted by atomic mass is 16.4. The number of aliphatic carboxylic acids is 1. The van der Waals surface area contributed by atoms with Crippen molar-refractivity contribution in [1.82, 2.24) is 4.90 Å². The Balaban J connectivity index is 2.88. The lowest BCUT2D eigenvalue weighted by atomic mass is 10.0. The van der Waals surface area contributed by atoms with E-state index in [9.17, 15) is 9.90 Å². The van der Waals surface area contributed by atoms with Gasteiger partial charge in [0.25, 0.3) is 0 Å². The summed E-state index contributed by atoms with van der Waals surface area (Å²) in [5.74, 6) is -0.751. The van der Waals surface area contributed by atoms with Gasteiger partial charge in [0.15, 0.2) is 0 Å². The molecule has 1 N–H and O–H groups in total. The third-order valence-corrected chi connectivity index (χ3v) is 3.31. The summed E-state index contributed by atoms with van der Waals surface area (Å²) in [6.45, 7) is 5.97. The Kier molecular flexibility index (Phi) is 7.19. The molecule has 0 saturated heterocycles. The number of rotatable bonds is 9. The Morgan fingerprint density at radius 1 is 1.11 bits per heavy atom. The molecular weight excluding hydrogens is 238 g/mol. The average molecular weight is 263 g/mol. The first-order valence-electron chi connectivity index (χ1n) is 7.22. The molecule has 0 aromatic heterocycles. The lowest BCUT2D eigenvalue weighted by Crippen LogP contribution is -2.35. The molecular formula is C16H25NO2. The van der Waals surface area contributed by atoms with Crippen molar-refractivity contribution in [1.29, 1.82) is 0 Å². The summed E-state index contributed by atoms with van der Waals surface area (Å²) in [5.41, 5.74) is 0.877. The highest BCUT2D eigenvalue weighted by Crippen LogP contribution is 2.22. The zero-order chi connectivity index (χ0) is 14.1. The number of nitrogens with zero attached hydrogens (tertiary/aromatic N) is 1. The average Bonchev–Trinajstić information content (AvgIpc) is 2.42. The second kappa shape index (κ2) is 8.70. The van der Waals surface area contributed by atoms with Crippen LogP contribution >= 0.6 is 0 Å². The van der Waals surface area contributed by atoms with Crippen molar-refractivity contribution in [2.75, 3.05) is 13.1 Å². The molecule has 0 unspecified atom stereocenters. The Morgan fingerprint density at radius 2 is 1.63 bits per heavy atom. The number of carbonyl (C=O) groups is 1. The minimum Gasteiger partial charge on any atom is -0.480 e. The van der Waals surface area contributed by atoms with Crippen molar-refractivity contribution in [3.05, 3.63) is 35.9 Å². The van der Waals surface area contributed by atoms with Crippen LogP contribution in [-0.4, -0.2) is 29.1 Å².